The number of benzene rings is 2. The Morgan fingerprint density at radius 1 is 1.07 bits per heavy atom. The number of rotatable bonds is 9. The lowest BCUT2D eigenvalue weighted by Gasteiger charge is -2.18. The predicted octanol–water partition coefficient (Wildman–Crippen LogP) is 2.32. The van der Waals surface area contributed by atoms with Crippen LogP contribution in [-0.4, -0.2) is 36.0 Å². The van der Waals surface area contributed by atoms with E-state index in [2.05, 4.69) is 5.32 Å². The highest BCUT2D eigenvalue weighted by atomic mass is 16.5. The smallest absolute Gasteiger partial charge is 0.329 e. The summed E-state index contributed by atoms with van der Waals surface area (Å²) in [6.07, 6.45) is 0.178. The van der Waals surface area contributed by atoms with E-state index in [-0.39, 0.29) is 12.1 Å². The van der Waals surface area contributed by atoms with Crippen molar-refractivity contribution in [2.45, 2.75) is 19.4 Å². The zero-order valence-corrected chi connectivity index (χ0v) is 15.9. The second-order valence-electron chi connectivity index (χ2n) is 6.40. The van der Waals surface area contributed by atoms with E-state index in [1.54, 1.807) is 36.4 Å². The number of amides is 1. The van der Waals surface area contributed by atoms with Gasteiger partial charge in [-0.25, -0.2) is 4.79 Å². The number of ether oxygens (including phenoxy) is 1. The van der Waals surface area contributed by atoms with Crippen LogP contribution in [-0.2, 0) is 20.7 Å². The van der Waals surface area contributed by atoms with Crippen molar-refractivity contribution in [3.8, 4) is 6.07 Å². The van der Waals surface area contributed by atoms with Crippen LogP contribution in [0.1, 0.15) is 22.8 Å². The zero-order valence-electron chi connectivity index (χ0n) is 15.9. The Hall–Kier alpha value is -3.79. The Balaban J connectivity index is 2.10. The summed E-state index contributed by atoms with van der Waals surface area (Å²) < 4.78 is 5.06. The summed E-state index contributed by atoms with van der Waals surface area (Å²) in [5, 5.41) is 19.1. The van der Waals surface area contributed by atoms with Crippen LogP contribution in [0.25, 0.3) is 0 Å². The normalized spacial score (nSPS) is 12.1. The molecule has 7 heteroatoms. The van der Waals surface area contributed by atoms with E-state index in [9.17, 15) is 14.4 Å². The van der Waals surface area contributed by atoms with Crippen molar-refractivity contribution in [1.82, 2.24) is 5.32 Å². The van der Waals surface area contributed by atoms with Gasteiger partial charge in [0.2, 0.25) is 0 Å². The third kappa shape index (κ3) is 6.40. The predicted molar refractivity (Wildman–Crippen MR) is 106 cm³/mol. The maximum Gasteiger partial charge on any atom is 0.329 e. The van der Waals surface area contributed by atoms with Crippen molar-refractivity contribution < 1.29 is 19.1 Å². The number of hydrogen-bond donors (Lipinski definition) is 2. The molecular formula is C22H21N3O4. The molecule has 0 heterocycles. The van der Waals surface area contributed by atoms with Gasteiger partial charge in [0.15, 0.2) is 12.4 Å². The lowest BCUT2D eigenvalue weighted by Crippen LogP contribution is -2.44. The van der Waals surface area contributed by atoms with Crippen LogP contribution in [0, 0.1) is 22.7 Å². The Kier molecular flexibility index (Phi) is 7.80. The molecule has 0 saturated carbocycles. The Bertz CT molecular complexity index is 920. The molecule has 0 radical (unpaired) electrons. The standard InChI is InChI=1S/C22H21N3O4/c1-15(24)18(13-23)20(26)14-29-22(28)19(12-16-8-4-2-5-9-16)25-21(27)17-10-6-3-7-11-17/h2-11,18-19,24H,12,14H2,1H3,(H,25,27)/t18?,19-/m1/s1. The second-order valence-corrected chi connectivity index (χ2v) is 6.40. The molecule has 0 aromatic heterocycles. The number of nitrogens with one attached hydrogen (secondary N) is 2. The minimum Gasteiger partial charge on any atom is -0.456 e. The molecule has 2 atom stereocenters. The van der Waals surface area contributed by atoms with Gasteiger partial charge in [-0.05, 0) is 24.6 Å². The molecule has 1 unspecified atom stereocenters. The summed E-state index contributed by atoms with van der Waals surface area (Å²) in [7, 11) is 0. The van der Waals surface area contributed by atoms with Gasteiger partial charge in [-0.15, -0.1) is 0 Å². The molecule has 0 aliphatic heterocycles. The number of hydrogen-bond acceptors (Lipinski definition) is 6. The van der Waals surface area contributed by atoms with Crippen LogP contribution in [0.15, 0.2) is 60.7 Å². The van der Waals surface area contributed by atoms with Gasteiger partial charge in [0.1, 0.15) is 12.0 Å². The molecule has 2 N–H and O–H groups in total. The lowest BCUT2D eigenvalue weighted by atomic mass is 10.0. The number of esters is 1. The van der Waals surface area contributed by atoms with Crippen LogP contribution in [0.5, 0.6) is 0 Å². The number of nitriles is 1. The van der Waals surface area contributed by atoms with Crippen molar-refractivity contribution >= 4 is 23.4 Å². The van der Waals surface area contributed by atoms with E-state index >= 15 is 0 Å². The van der Waals surface area contributed by atoms with Gasteiger partial charge >= 0.3 is 5.97 Å². The SMILES string of the molecule is CC(=N)C(C#N)C(=O)COC(=O)[C@@H](Cc1ccccc1)NC(=O)c1ccccc1. The maximum atomic E-state index is 12.6. The molecular weight excluding hydrogens is 370 g/mol. The lowest BCUT2D eigenvalue weighted by molar-refractivity contribution is -0.150. The number of carbonyl (C=O) groups is 3. The van der Waals surface area contributed by atoms with E-state index in [1.807, 2.05) is 30.3 Å². The average molecular weight is 391 g/mol. The van der Waals surface area contributed by atoms with Gasteiger partial charge in [0.25, 0.3) is 5.91 Å². The molecule has 0 bridgehead atoms. The molecule has 7 nitrogen and oxygen atoms in total. The zero-order chi connectivity index (χ0) is 21.2. The van der Waals surface area contributed by atoms with Crippen molar-refractivity contribution in [3.05, 3.63) is 71.8 Å². The molecule has 148 valence electrons. The van der Waals surface area contributed by atoms with Crippen LogP contribution in [0.2, 0.25) is 0 Å². The molecule has 0 saturated heterocycles. The third-order valence-electron chi connectivity index (χ3n) is 4.15. The van der Waals surface area contributed by atoms with Crippen molar-refractivity contribution in [2.75, 3.05) is 6.61 Å². The molecule has 0 aliphatic rings. The summed E-state index contributed by atoms with van der Waals surface area (Å²) in [5.41, 5.74) is 1.07. The summed E-state index contributed by atoms with van der Waals surface area (Å²) in [6.45, 7) is 0.700. The molecule has 0 aliphatic carbocycles. The molecule has 2 aromatic carbocycles. The van der Waals surface area contributed by atoms with Crippen LogP contribution in [0.3, 0.4) is 0 Å². The van der Waals surface area contributed by atoms with Crippen LogP contribution >= 0.6 is 0 Å². The van der Waals surface area contributed by atoms with Gasteiger partial charge in [-0.2, -0.15) is 5.26 Å². The summed E-state index contributed by atoms with van der Waals surface area (Å²) >= 11 is 0. The molecule has 29 heavy (non-hydrogen) atoms. The number of nitrogens with zero attached hydrogens (tertiary/aromatic N) is 1. The molecule has 0 spiro atoms. The van der Waals surface area contributed by atoms with Gasteiger partial charge in [-0.3, -0.25) is 9.59 Å². The first-order chi connectivity index (χ1) is 13.9. The number of Topliss-reactive ketones (excluding diaryl/α,β-unsaturated/α-hetero) is 1. The highest BCUT2D eigenvalue weighted by Gasteiger charge is 2.26. The highest BCUT2D eigenvalue weighted by Crippen LogP contribution is 2.08. The minimum absolute atomic E-state index is 0.119. The third-order valence-corrected chi connectivity index (χ3v) is 4.15. The minimum atomic E-state index is -1.26. The summed E-state index contributed by atoms with van der Waals surface area (Å²) in [6, 6.07) is 18.2. The van der Waals surface area contributed by atoms with E-state index in [1.165, 1.54) is 6.92 Å². The van der Waals surface area contributed by atoms with Crippen molar-refractivity contribution in [2.24, 2.45) is 5.92 Å². The molecule has 2 rings (SSSR count). The molecule has 1 amide bonds. The first-order valence-electron chi connectivity index (χ1n) is 8.96. The van der Waals surface area contributed by atoms with Gasteiger partial charge in [0.05, 0.1) is 6.07 Å². The molecule has 0 fully saturated rings. The fourth-order valence-corrected chi connectivity index (χ4v) is 2.61. The van der Waals surface area contributed by atoms with E-state index in [0.29, 0.717) is 5.56 Å². The Morgan fingerprint density at radius 3 is 2.21 bits per heavy atom. The number of ketones is 1. The Labute approximate surface area is 168 Å². The second kappa shape index (κ2) is 10.5. The van der Waals surface area contributed by atoms with Crippen molar-refractivity contribution in [3.63, 3.8) is 0 Å². The first kappa shape index (κ1) is 21.5. The Morgan fingerprint density at radius 2 is 1.66 bits per heavy atom. The molecule has 2 aromatic rings. The highest BCUT2D eigenvalue weighted by molar-refractivity contribution is 6.06. The van der Waals surface area contributed by atoms with E-state index in [4.69, 9.17) is 15.4 Å². The van der Waals surface area contributed by atoms with Gasteiger partial charge in [-0.1, -0.05) is 48.5 Å². The fourth-order valence-electron chi connectivity index (χ4n) is 2.61. The number of carbonyl (C=O) groups excluding carboxylic acids is 3. The first-order valence-corrected chi connectivity index (χ1v) is 8.96. The van der Waals surface area contributed by atoms with Gasteiger partial charge < -0.3 is 15.5 Å². The maximum absolute atomic E-state index is 12.6. The summed E-state index contributed by atoms with van der Waals surface area (Å²) in [5.74, 6) is -3.17. The van der Waals surface area contributed by atoms with Gasteiger partial charge in [0, 0.05) is 17.7 Å². The van der Waals surface area contributed by atoms with Crippen LogP contribution in [0.4, 0.5) is 0 Å². The monoisotopic (exact) mass is 391 g/mol. The van der Waals surface area contributed by atoms with Crippen molar-refractivity contribution in [1.29, 1.82) is 10.7 Å². The van der Waals surface area contributed by atoms with E-state index < -0.39 is 36.2 Å². The quantitative estimate of drug-likeness (QED) is 0.502. The average Bonchev–Trinajstić information content (AvgIpc) is 2.73. The summed E-state index contributed by atoms with van der Waals surface area (Å²) in [4.78, 5) is 37.1. The topological polar surface area (TPSA) is 120 Å². The largest absolute Gasteiger partial charge is 0.456 e. The van der Waals surface area contributed by atoms with Crippen LogP contribution < -0.4 is 5.32 Å². The van der Waals surface area contributed by atoms with E-state index in [0.717, 1.165) is 5.56 Å². The fraction of sp³-hybridized carbons (Fsp3) is 0.227.